The summed E-state index contributed by atoms with van der Waals surface area (Å²) in [7, 11) is 0. The molecule has 138 valence electrons. The normalized spacial score (nSPS) is 17.0. The van der Waals surface area contributed by atoms with Gasteiger partial charge in [-0.15, -0.1) is 22.7 Å². The van der Waals surface area contributed by atoms with E-state index in [9.17, 15) is 9.59 Å². The third-order valence-electron chi connectivity index (χ3n) is 4.15. The van der Waals surface area contributed by atoms with Crippen molar-refractivity contribution in [3.8, 4) is 0 Å². The molecule has 0 amide bonds. The molecule has 4 rings (SSSR count). The van der Waals surface area contributed by atoms with Crippen molar-refractivity contribution >= 4 is 46.1 Å². The number of fused-ring (bicyclic) bond motifs is 1. The molecule has 1 aliphatic heterocycles. The van der Waals surface area contributed by atoms with Gasteiger partial charge in [0.1, 0.15) is 6.04 Å². The Morgan fingerprint density at radius 1 is 1.30 bits per heavy atom. The second-order valence-corrected chi connectivity index (χ2v) is 8.80. The number of allylic oxidation sites excluding steroid dienone is 1. The Hall–Kier alpha value is -2.29. The Balaban J connectivity index is 1.96. The predicted molar refractivity (Wildman–Crippen MR) is 109 cm³/mol. The van der Waals surface area contributed by atoms with Crippen molar-refractivity contribution < 1.29 is 9.53 Å². The minimum Gasteiger partial charge on any atom is -0.463 e. The van der Waals surface area contributed by atoms with Crippen molar-refractivity contribution in [1.29, 1.82) is 0 Å². The topological polar surface area (TPSA) is 60.7 Å². The molecule has 4 heterocycles. The summed E-state index contributed by atoms with van der Waals surface area (Å²) >= 11 is 4.43. The number of carbonyl (C=O) groups is 1. The van der Waals surface area contributed by atoms with Crippen LogP contribution in [0.2, 0.25) is 0 Å². The van der Waals surface area contributed by atoms with Gasteiger partial charge in [-0.3, -0.25) is 9.36 Å². The van der Waals surface area contributed by atoms with Crippen LogP contribution in [0.25, 0.3) is 6.08 Å². The fourth-order valence-corrected chi connectivity index (χ4v) is 5.60. The van der Waals surface area contributed by atoms with E-state index < -0.39 is 12.0 Å². The molecule has 0 spiro atoms. The highest BCUT2D eigenvalue weighted by atomic mass is 32.1. The standard InChI is InChI=1S/C19H16N2O3S3/c1-3-24-18(23)15-11(2)20-19-21(16(15)13-7-5-9-26-13)17(22)14(27-19)10-12-6-4-8-25-12/h4-10,16H,3H2,1-2H3/b14-10-/t16-/m0/s1. The molecule has 0 aliphatic carbocycles. The molecule has 5 nitrogen and oxygen atoms in total. The van der Waals surface area contributed by atoms with Crippen LogP contribution in [-0.2, 0) is 9.53 Å². The van der Waals surface area contributed by atoms with Crippen LogP contribution >= 0.6 is 34.0 Å². The van der Waals surface area contributed by atoms with Crippen LogP contribution in [0.4, 0.5) is 0 Å². The van der Waals surface area contributed by atoms with Gasteiger partial charge in [0.2, 0.25) is 0 Å². The molecule has 3 aromatic rings. The van der Waals surface area contributed by atoms with Crippen LogP contribution in [0, 0.1) is 0 Å². The van der Waals surface area contributed by atoms with Crippen LogP contribution in [0.15, 0.2) is 56.1 Å². The first-order chi connectivity index (χ1) is 13.1. The van der Waals surface area contributed by atoms with Crippen molar-refractivity contribution in [2.45, 2.75) is 19.9 Å². The lowest BCUT2D eigenvalue weighted by Gasteiger charge is -2.23. The maximum atomic E-state index is 13.2. The maximum Gasteiger partial charge on any atom is 0.338 e. The van der Waals surface area contributed by atoms with E-state index >= 15 is 0 Å². The Bertz CT molecular complexity index is 1180. The summed E-state index contributed by atoms with van der Waals surface area (Å²) in [5.74, 6) is -0.426. The Kier molecular flexibility index (Phi) is 4.94. The number of carbonyl (C=O) groups excluding carboxylic acids is 1. The first-order valence-electron chi connectivity index (χ1n) is 8.36. The molecule has 0 saturated heterocycles. The van der Waals surface area contributed by atoms with Gasteiger partial charge in [-0.2, -0.15) is 0 Å². The fourth-order valence-electron chi connectivity index (χ4n) is 3.01. The van der Waals surface area contributed by atoms with Gasteiger partial charge in [0, 0.05) is 9.75 Å². The first kappa shape index (κ1) is 18.1. The largest absolute Gasteiger partial charge is 0.463 e. The number of aromatic nitrogens is 1. The summed E-state index contributed by atoms with van der Waals surface area (Å²) in [6.45, 7) is 3.84. The number of thiophene rings is 2. The van der Waals surface area contributed by atoms with Gasteiger partial charge >= 0.3 is 5.97 Å². The molecule has 0 N–H and O–H groups in total. The summed E-state index contributed by atoms with van der Waals surface area (Å²) in [5, 5.41) is 3.91. The number of esters is 1. The summed E-state index contributed by atoms with van der Waals surface area (Å²) in [4.78, 5) is 32.9. The lowest BCUT2D eigenvalue weighted by Crippen LogP contribution is -2.39. The van der Waals surface area contributed by atoms with Gasteiger partial charge in [-0.25, -0.2) is 9.79 Å². The summed E-state index contributed by atoms with van der Waals surface area (Å²) < 4.78 is 7.48. The predicted octanol–water partition coefficient (Wildman–Crippen LogP) is 2.92. The number of ether oxygens (including phenoxy) is 1. The Morgan fingerprint density at radius 2 is 2.07 bits per heavy atom. The van der Waals surface area contributed by atoms with E-state index in [2.05, 4.69) is 4.99 Å². The molecule has 0 bridgehead atoms. The molecule has 8 heteroatoms. The van der Waals surface area contributed by atoms with Gasteiger partial charge < -0.3 is 4.74 Å². The zero-order chi connectivity index (χ0) is 19.0. The lowest BCUT2D eigenvalue weighted by molar-refractivity contribution is -0.139. The summed E-state index contributed by atoms with van der Waals surface area (Å²) in [6, 6.07) is 7.26. The lowest BCUT2D eigenvalue weighted by atomic mass is 10.0. The molecule has 0 fully saturated rings. The van der Waals surface area contributed by atoms with Gasteiger partial charge in [-0.05, 0) is 42.8 Å². The van der Waals surface area contributed by atoms with Crippen molar-refractivity contribution in [2.24, 2.45) is 4.99 Å². The molecular weight excluding hydrogens is 400 g/mol. The van der Waals surface area contributed by atoms with Crippen LogP contribution < -0.4 is 14.9 Å². The van der Waals surface area contributed by atoms with Crippen LogP contribution in [0.3, 0.4) is 0 Å². The highest BCUT2D eigenvalue weighted by Gasteiger charge is 2.33. The van der Waals surface area contributed by atoms with Gasteiger partial charge in [0.15, 0.2) is 4.80 Å². The van der Waals surface area contributed by atoms with E-state index in [1.54, 1.807) is 29.8 Å². The SMILES string of the molecule is CCOC(=O)C1=C(C)N=c2s/c(=C\c3cccs3)c(=O)n2[C@H]1c1cccs1. The second-order valence-electron chi connectivity index (χ2n) is 5.83. The second kappa shape index (κ2) is 7.38. The zero-order valence-corrected chi connectivity index (χ0v) is 17.1. The summed E-state index contributed by atoms with van der Waals surface area (Å²) in [5.41, 5.74) is 0.880. The summed E-state index contributed by atoms with van der Waals surface area (Å²) in [6.07, 6.45) is 1.88. The monoisotopic (exact) mass is 416 g/mol. The van der Waals surface area contributed by atoms with E-state index in [1.165, 1.54) is 22.7 Å². The number of hydrogen-bond donors (Lipinski definition) is 0. The molecule has 0 unspecified atom stereocenters. The van der Waals surface area contributed by atoms with Crippen molar-refractivity contribution in [2.75, 3.05) is 6.61 Å². The van der Waals surface area contributed by atoms with Crippen molar-refractivity contribution in [1.82, 2.24) is 4.57 Å². The third-order valence-corrected chi connectivity index (χ3v) is 6.87. The molecule has 1 aliphatic rings. The minimum atomic E-state index is -0.509. The van der Waals surface area contributed by atoms with Crippen LogP contribution in [-0.4, -0.2) is 17.1 Å². The first-order valence-corrected chi connectivity index (χ1v) is 10.9. The zero-order valence-electron chi connectivity index (χ0n) is 14.7. The number of nitrogens with zero attached hydrogens (tertiary/aromatic N) is 2. The van der Waals surface area contributed by atoms with E-state index in [1.807, 2.05) is 41.1 Å². The minimum absolute atomic E-state index is 0.139. The number of thiazole rings is 1. The van der Waals surface area contributed by atoms with Crippen molar-refractivity contribution in [3.05, 3.63) is 75.7 Å². The molecule has 0 radical (unpaired) electrons. The van der Waals surface area contributed by atoms with E-state index in [-0.39, 0.29) is 12.2 Å². The molecule has 1 atom stereocenters. The average Bonchev–Trinajstić information content (AvgIpc) is 3.38. The van der Waals surface area contributed by atoms with E-state index in [4.69, 9.17) is 4.74 Å². The van der Waals surface area contributed by atoms with Gasteiger partial charge in [0.25, 0.3) is 5.56 Å². The quantitative estimate of drug-likeness (QED) is 0.615. The van der Waals surface area contributed by atoms with Gasteiger partial charge in [0.05, 0.1) is 22.4 Å². The number of rotatable bonds is 4. The highest BCUT2D eigenvalue weighted by molar-refractivity contribution is 7.11. The number of hydrogen-bond acceptors (Lipinski definition) is 7. The van der Waals surface area contributed by atoms with E-state index in [0.29, 0.717) is 20.6 Å². The van der Waals surface area contributed by atoms with Crippen LogP contribution in [0.5, 0.6) is 0 Å². The average molecular weight is 417 g/mol. The molecular formula is C19H16N2O3S3. The van der Waals surface area contributed by atoms with Gasteiger partial charge in [-0.1, -0.05) is 23.5 Å². The van der Waals surface area contributed by atoms with E-state index in [0.717, 1.165) is 9.75 Å². The third kappa shape index (κ3) is 3.24. The molecule has 3 aromatic heterocycles. The molecule has 27 heavy (non-hydrogen) atoms. The Morgan fingerprint density at radius 3 is 2.74 bits per heavy atom. The van der Waals surface area contributed by atoms with Crippen molar-refractivity contribution in [3.63, 3.8) is 0 Å². The smallest absolute Gasteiger partial charge is 0.338 e. The molecule has 0 saturated carbocycles. The fraction of sp³-hybridized carbons (Fsp3) is 0.211. The maximum absolute atomic E-state index is 13.2. The van der Waals surface area contributed by atoms with Crippen LogP contribution in [0.1, 0.15) is 29.6 Å². The highest BCUT2D eigenvalue weighted by Crippen LogP contribution is 2.33. The molecule has 0 aromatic carbocycles. The Labute approximate surface area is 167 Å².